The molecule has 0 unspecified atom stereocenters. The molecule has 1 aromatic heterocycles. The van der Waals surface area contributed by atoms with Crippen LogP contribution in [0.5, 0.6) is 0 Å². The number of rotatable bonds is 4. The predicted octanol–water partition coefficient (Wildman–Crippen LogP) is 6.39. The van der Waals surface area contributed by atoms with E-state index in [1.165, 1.54) is 51.6 Å². The van der Waals surface area contributed by atoms with Crippen LogP contribution >= 0.6 is 0 Å². The van der Waals surface area contributed by atoms with Crippen molar-refractivity contribution in [1.29, 1.82) is 0 Å². The average Bonchev–Trinajstić information content (AvgIpc) is 3.61. The summed E-state index contributed by atoms with van der Waals surface area (Å²) in [4.78, 5) is 0. The van der Waals surface area contributed by atoms with Crippen LogP contribution in [0.25, 0.3) is 33.2 Å². The summed E-state index contributed by atoms with van der Waals surface area (Å²) in [6.07, 6.45) is 5.08. The van der Waals surface area contributed by atoms with Crippen LogP contribution in [0.3, 0.4) is 0 Å². The molecular formula is C28H30NSi+. The maximum Gasteiger partial charge on any atom is 0.220 e. The maximum atomic E-state index is 2.54. The van der Waals surface area contributed by atoms with Gasteiger partial charge in [0, 0.05) is 6.07 Å². The third kappa shape index (κ3) is 3.29. The molecule has 0 radical (unpaired) electrons. The van der Waals surface area contributed by atoms with Crippen molar-refractivity contribution < 1.29 is 4.57 Å². The molecule has 1 fully saturated rings. The third-order valence-electron chi connectivity index (χ3n) is 7.08. The third-order valence-corrected chi connectivity index (χ3v) is 11.5. The number of hydrogen-bond donors (Lipinski definition) is 0. The van der Waals surface area contributed by atoms with Gasteiger partial charge in [-0.3, -0.25) is 0 Å². The molecule has 1 nitrogen and oxygen atoms in total. The quantitative estimate of drug-likeness (QED) is 0.272. The van der Waals surface area contributed by atoms with Crippen LogP contribution in [0.1, 0.15) is 18.4 Å². The lowest BCUT2D eigenvalue weighted by molar-refractivity contribution is -0.659. The van der Waals surface area contributed by atoms with E-state index in [1.54, 1.807) is 5.19 Å². The summed E-state index contributed by atoms with van der Waals surface area (Å²) < 4.78 is 2.28. The number of aryl methyl sites for hydroxylation is 2. The lowest BCUT2D eigenvalue weighted by Crippen LogP contribution is -2.41. The van der Waals surface area contributed by atoms with Gasteiger partial charge in [0.05, 0.1) is 19.0 Å². The highest BCUT2D eigenvalue weighted by atomic mass is 28.3. The maximum absolute atomic E-state index is 2.54. The first-order valence-electron chi connectivity index (χ1n) is 11.0. The number of pyridine rings is 1. The first kappa shape index (κ1) is 19.3. The highest BCUT2D eigenvalue weighted by Crippen LogP contribution is 2.45. The average molecular weight is 409 g/mol. The molecule has 0 saturated heterocycles. The fraction of sp³-hybridized carbons (Fsp3) is 0.250. The van der Waals surface area contributed by atoms with Gasteiger partial charge in [0.25, 0.3) is 0 Å². The molecule has 3 aromatic carbocycles. The predicted molar refractivity (Wildman–Crippen MR) is 131 cm³/mol. The van der Waals surface area contributed by atoms with Crippen LogP contribution in [0, 0.1) is 6.92 Å². The Balaban J connectivity index is 1.68. The Bertz CT molecular complexity index is 1240. The zero-order chi connectivity index (χ0) is 20.9. The van der Waals surface area contributed by atoms with Crippen molar-refractivity contribution in [3.8, 4) is 22.4 Å². The molecule has 150 valence electrons. The van der Waals surface area contributed by atoms with Crippen LogP contribution in [0.15, 0.2) is 79.0 Å². The lowest BCUT2D eigenvalue weighted by atomic mass is 9.95. The van der Waals surface area contributed by atoms with Crippen LogP contribution in [0.4, 0.5) is 0 Å². The van der Waals surface area contributed by atoms with Gasteiger partial charge in [0.1, 0.15) is 7.05 Å². The molecule has 1 heterocycles. The number of nitrogens with zero attached hydrogens (tertiary/aromatic N) is 1. The number of fused-ring (bicyclic) bond motifs is 1. The summed E-state index contributed by atoms with van der Waals surface area (Å²) in [5, 5.41) is 4.32. The Hall–Kier alpha value is -2.71. The molecule has 4 aromatic rings. The normalized spacial score (nSPS) is 14.3. The smallest absolute Gasteiger partial charge is 0.200 e. The molecule has 1 aliphatic carbocycles. The highest BCUT2D eigenvalue weighted by Gasteiger charge is 2.40. The molecule has 0 N–H and O–H groups in total. The first-order chi connectivity index (χ1) is 14.4. The second kappa shape index (κ2) is 7.21. The molecule has 0 spiro atoms. The van der Waals surface area contributed by atoms with Gasteiger partial charge in [-0.25, -0.2) is 4.57 Å². The van der Waals surface area contributed by atoms with E-state index < -0.39 is 8.07 Å². The van der Waals surface area contributed by atoms with Gasteiger partial charge in [-0.15, -0.1) is 0 Å². The second-order valence-electron chi connectivity index (χ2n) is 9.47. The Morgan fingerprint density at radius 2 is 1.60 bits per heavy atom. The molecule has 30 heavy (non-hydrogen) atoms. The van der Waals surface area contributed by atoms with Gasteiger partial charge in [-0.1, -0.05) is 85.7 Å². The Morgan fingerprint density at radius 1 is 0.833 bits per heavy atom. The van der Waals surface area contributed by atoms with Gasteiger partial charge >= 0.3 is 0 Å². The zero-order valence-electron chi connectivity index (χ0n) is 18.4. The molecular weight excluding hydrogens is 378 g/mol. The minimum absolute atomic E-state index is 0.971. The second-order valence-corrected chi connectivity index (χ2v) is 14.3. The van der Waals surface area contributed by atoms with Crippen molar-refractivity contribution in [2.45, 2.75) is 38.4 Å². The molecule has 0 aliphatic heterocycles. The summed E-state index contributed by atoms with van der Waals surface area (Å²) in [5.74, 6) is 0. The van der Waals surface area contributed by atoms with Crippen molar-refractivity contribution in [2.75, 3.05) is 0 Å². The van der Waals surface area contributed by atoms with Crippen molar-refractivity contribution in [1.82, 2.24) is 0 Å². The summed E-state index contributed by atoms with van der Waals surface area (Å²) in [6.45, 7) is 7.31. The largest absolute Gasteiger partial charge is 0.220 e. The summed E-state index contributed by atoms with van der Waals surface area (Å²) in [7, 11) is 0.823. The van der Waals surface area contributed by atoms with Crippen LogP contribution in [-0.2, 0) is 7.05 Å². The summed E-state index contributed by atoms with van der Waals surface area (Å²) >= 11 is 0. The zero-order valence-corrected chi connectivity index (χ0v) is 19.4. The molecule has 2 heteroatoms. The van der Waals surface area contributed by atoms with E-state index in [0.29, 0.717) is 0 Å². The SMILES string of the molecule is Cc1ccc(-c2ccccc2)cc1-c1c2ccc([Si](C)(C)C3CC3)cc2cc[n+]1C. The lowest BCUT2D eigenvalue weighted by Gasteiger charge is -2.23. The molecule has 5 rings (SSSR count). The van der Waals surface area contributed by atoms with E-state index in [4.69, 9.17) is 0 Å². The van der Waals surface area contributed by atoms with Crippen molar-refractivity contribution in [3.05, 3.63) is 84.6 Å². The standard InChI is InChI=1S/C28H30NSi/c1-20-10-11-22(21-8-6-5-7-9-21)19-27(20)28-26-15-14-25(30(3,4)24-12-13-24)18-23(26)16-17-29(28)2/h5-11,14-19,24H,12-13H2,1-4H3/q+1. The number of hydrogen-bond acceptors (Lipinski definition) is 0. The molecule has 1 aliphatic rings. The van der Waals surface area contributed by atoms with Crippen LogP contribution < -0.4 is 9.75 Å². The fourth-order valence-electron chi connectivity index (χ4n) is 4.84. The van der Waals surface area contributed by atoms with E-state index in [-0.39, 0.29) is 0 Å². The van der Waals surface area contributed by atoms with Crippen molar-refractivity contribution in [3.63, 3.8) is 0 Å². The molecule has 0 atom stereocenters. The first-order valence-corrected chi connectivity index (χ1v) is 14.1. The summed E-state index contributed by atoms with van der Waals surface area (Å²) in [5.41, 5.74) is 7.44. The Morgan fingerprint density at radius 3 is 2.33 bits per heavy atom. The van der Waals surface area contributed by atoms with Gasteiger partial charge in [0.15, 0.2) is 6.20 Å². The topological polar surface area (TPSA) is 3.88 Å². The molecule has 0 amide bonds. The minimum Gasteiger partial charge on any atom is -0.200 e. The Labute approximate surface area is 181 Å². The van der Waals surface area contributed by atoms with E-state index in [0.717, 1.165) is 5.54 Å². The van der Waals surface area contributed by atoms with Gasteiger partial charge < -0.3 is 0 Å². The van der Waals surface area contributed by atoms with Crippen molar-refractivity contribution >= 4 is 24.0 Å². The van der Waals surface area contributed by atoms with E-state index in [2.05, 4.69) is 111 Å². The summed E-state index contributed by atoms with van der Waals surface area (Å²) in [6, 6.07) is 27.1. The number of aromatic nitrogens is 1. The minimum atomic E-state index is -1.34. The number of benzene rings is 3. The van der Waals surface area contributed by atoms with Crippen LogP contribution in [0.2, 0.25) is 18.6 Å². The van der Waals surface area contributed by atoms with E-state index in [1.807, 2.05) is 0 Å². The van der Waals surface area contributed by atoms with Crippen LogP contribution in [-0.4, -0.2) is 8.07 Å². The molecule has 1 saturated carbocycles. The Kier molecular flexibility index (Phi) is 4.63. The van der Waals surface area contributed by atoms with E-state index >= 15 is 0 Å². The fourth-order valence-corrected chi connectivity index (χ4v) is 7.96. The van der Waals surface area contributed by atoms with Gasteiger partial charge in [-0.05, 0) is 46.7 Å². The van der Waals surface area contributed by atoms with Gasteiger partial charge in [0.2, 0.25) is 5.69 Å². The monoisotopic (exact) mass is 408 g/mol. The van der Waals surface area contributed by atoms with E-state index in [9.17, 15) is 0 Å². The van der Waals surface area contributed by atoms with Gasteiger partial charge in [-0.2, -0.15) is 0 Å². The highest BCUT2D eigenvalue weighted by molar-refractivity contribution is 6.91. The van der Waals surface area contributed by atoms with Crippen molar-refractivity contribution in [2.24, 2.45) is 7.05 Å². The molecule has 0 bridgehead atoms.